The van der Waals surface area contributed by atoms with Crippen LogP contribution in [0.2, 0.25) is 0 Å². The van der Waals surface area contributed by atoms with Crippen molar-refractivity contribution in [1.29, 1.82) is 0 Å². The van der Waals surface area contributed by atoms with Crippen LogP contribution in [0.4, 0.5) is 0 Å². The molecule has 1 aromatic rings. The Bertz CT molecular complexity index is 1090. The Labute approximate surface area is 329 Å². The van der Waals surface area contributed by atoms with Crippen LogP contribution in [-0.4, -0.2) is 74.8 Å². The minimum Gasteiger partial charge on any atom is -0.388 e. The first-order chi connectivity index (χ1) is 26.2. The Hall–Kier alpha value is -1.88. The van der Waals surface area contributed by atoms with Crippen LogP contribution in [-0.2, 0) is 20.7 Å². The fourth-order valence-electron chi connectivity index (χ4n) is 7.78. The van der Waals surface area contributed by atoms with Gasteiger partial charge in [-0.25, -0.2) is 0 Å². The van der Waals surface area contributed by atoms with Gasteiger partial charge in [0.25, 0.3) is 0 Å². The second kappa shape index (κ2) is 29.4. The average molecular weight is 760 g/mol. The molecule has 0 spiro atoms. The Balaban J connectivity index is 1.91. The molecule has 1 fully saturated rings. The van der Waals surface area contributed by atoms with E-state index in [1.807, 2.05) is 30.3 Å². The predicted molar refractivity (Wildman–Crippen MR) is 221 cm³/mol. The molecule has 0 saturated carbocycles. The molecule has 0 radical (unpaired) electrons. The molecule has 312 valence electrons. The third-order valence-corrected chi connectivity index (χ3v) is 11.4. The summed E-state index contributed by atoms with van der Waals surface area (Å²) in [5, 5.41) is 33.1. The number of carbonyl (C=O) groups excluding carboxylic acids is 2. The summed E-state index contributed by atoms with van der Waals surface area (Å²) in [6.07, 6.45) is 23.7. The van der Waals surface area contributed by atoms with Crippen molar-refractivity contribution in [2.45, 2.75) is 230 Å². The lowest BCUT2D eigenvalue weighted by Gasteiger charge is -2.51. The van der Waals surface area contributed by atoms with Crippen LogP contribution in [0.25, 0.3) is 0 Å². The summed E-state index contributed by atoms with van der Waals surface area (Å²) in [5.74, 6) is -2.71. The Morgan fingerprint density at radius 3 is 1.56 bits per heavy atom. The molecule has 9 heteroatoms. The van der Waals surface area contributed by atoms with Gasteiger partial charge in [0.2, 0.25) is 11.8 Å². The number of benzene rings is 1. The van der Waals surface area contributed by atoms with E-state index in [0.29, 0.717) is 19.3 Å². The highest BCUT2D eigenvalue weighted by atomic mass is 16.6. The number of nitrogens with zero attached hydrogens (tertiary/aromatic N) is 1. The van der Waals surface area contributed by atoms with Crippen LogP contribution >= 0.6 is 0 Å². The maximum atomic E-state index is 13.8. The van der Waals surface area contributed by atoms with Gasteiger partial charge in [-0.1, -0.05) is 192 Å². The maximum absolute atomic E-state index is 13.8. The summed E-state index contributed by atoms with van der Waals surface area (Å²) in [6.45, 7) is 4.73. The number of unbranched alkanes of at least 4 members (excludes halogenated alkanes) is 23. The predicted octanol–water partition coefficient (Wildman–Crippen LogP) is 8.62. The number of ketones is 1. The quantitative estimate of drug-likeness (QED) is 0.0352. The van der Waals surface area contributed by atoms with Gasteiger partial charge in [0.15, 0.2) is 5.78 Å². The molecule has 1 aliphatic heterocycles. The van der Waals surface area contributed by atoms with E-state index in [-0.39, 0.29) is 31.1 Å². The van der Waals surface area contributed by atoms with Crippen molar-refractivity contribution in [3.05, 3.63) is 35.9 Å². The van der Waals surface area contributed by atoms with Crippen LogP contribution in [0.15, 0.2) is 30.3 Å². The number of hydrogen-bond acceptors (Lipinski definition) is 8. The van der Waals surface area contributed by atoms with Crippen molar-refractivity contribution < 1.29 is 29.6 Å². The van der Waals surface area contributed by atoms with E-state index in [4.69, 9.17) is 16.2 Å². The number of rotatable bonds is 33. The van der Waals surface area contributed by atoms with E-state index in [9.17, 15) is 24.9 Å². The number of carbonyl (C=O) groups is 2. The topological polar surface area (TPSA) is 159 Å². The molecule has 7 N–H and O–H groups in total. The van der Waals surface area contributed by atoms with Crippen molar-refractivity contribution in [3.63, 3.8) is 0 Å². The first-order valence-electron chi connectivity index (χ1n) is 22.3. The van der Waals surface area contributed by atoms with Crippen molar-refractivity contribution in [3.8, 4) is 0 Å². The standard InChI is InChI=1S/C45H81N3O6/c1-3-5-7-9-11-13-14-15-16-17-18-19-21-23-25-30-34-48(41(50)33-29-24-22-20-12-10-8-6-4-2)45(47)44(53)43(52)42(51)40(54-45)36-39(49)38(46)35-37-31-27-26-28-32-37/h26-28,31-32,38,40,42-44,51-53H,3-25,29-30,33-36,46-47H2,1-2H3/t38-,40+,42+,43-,44+,45-/m0/s1. The summed E-state index contributed by atoms with van der Waals surface area (Å²) >= 11 is 0. The summed E-state index contributed by atoms with van der Waals surface area (Å²) in [5.41, 5.74) is 13.9. The highest BCUT2D eigenvalue weighted by molar-refractivity contribution is 5.84. The van der Waals surface area contributed by atoms with Crippen molar-refractivity contribution in [1.82, 2.24) is 4.90 Å². The summed E-state index contributed by atoms with van der Waals surface area (Å²) < 4.78 is 6.14. The molecule has 0 unspecified atom stereocenters. The molecule has 1 heterocycles. The molecule has 1 aliphatic rings. The monoisotopic (exact) mass is 760 g/mol. The number of nitrogens with two attached hydrogens (primary N) is 2. The fourth-order valence-corrected chi connectivity index (χ4v) is 7.78. The van der Waals surface area contributed by atoms with Crippen LogP contribution in [0.5, 0.6) is 0 Å². The van der Waals surface area contributed by atoms with Gasteiger partial charge >= 0.3 is 0 Å². The third kappa shape index (κ3) is 18.8. The number of aliphatic hydroxyl groups excluding tert-OH is 3. The van der Waals surface area contributed by atoms with Crippen LogP contribution in [0.1, 0.15) is 193 Å². The first kappa shape index (κ1) is 48.3. The summed E-state index contributed by atoms with van der Waals surface area (Å²) in [4.78, 5) is 28.4. The van der Waals surface area contributed by atoms with Gasteiger partial charge in [0, 0.05) is 19.4 Å². The van der Waals surface area contributed by atoms with Crippen molar-refractivity contribution >= 4 is 11.7 Å². The molecule has 6 atom stereocenters. The van der Waals surface area contributed by atoms with Gasteiger partial charge in [0.05, 0.1) is 12.1 Å². The van der Waals surface area contributed by atoms with Crippen LogP contribution in [0.3, 0.4) is 0 Å². The van der Waals surface area contributed by atoms with E-state index in [2.05, 4.69) is 13.8 Å². The Kier molecular flexibility index (Phi) is 26.3. The number of hydrogen-bond donors (Lipinski definition) is 5. The number of Topliss-reactive ketones (excluding diaryl/α,β-unsaturated/α-hetero) is 1. The molecular weight excluding hydrogens is 679 g/mol. The van der Waals surface area contributed by atoms with Crippen molar-refractivity contribution in [2.75, 3.05) is 6.54 Å². The molecule has 1 aromatic carbocycles. The normalized spacial score (nSPS) is 22.0. The minimum atomic E-state index is -2.10. The number of aliphatic hydroxyl groups is 3. The summed E-state index contributed by atoms with van der Waals surface area (Å²) in [6, 6.07) is 8.56. The zero-order valence-electron chi connectivity index (χ0n) is 34.4. The smallest absolute Gasteiger partial charge is 0.227 e. The highest BCUT2D eigenvalue weighted by Gasteiger charge is 2.56. The van der Waals surface area contributed by atoms with Crippen LogP contribution < -0.4 is 11.5 Å². The molecule has 54 heavy (non-hydrogen) atoms. The second-order valence-electron chi connectivity index (χ2n) is 16.2. The van der Waals surface area contributed by atoms with Gasteiger partial charge in [-0.3, -0.25) is 20.2 Å². The van der Waals surface area contributed by atoms with E-state index < -0.39 is 36.3 Å². The molecule has 0 bridgehead atoms. The van der Waals surface area contributed by atoms with E-state index >= 15 is 0 Å². The number of amides is 1. The lowest BCUT2D eigenvalue weighted by Crippen LogP contribution is -2.76. The Morgan fingerprint density at radius 1 is 0.667 bits per heavy atom. The van der Waals surface area contributed by atoms with Gasteiger partial charge in [-0.15, -0.1) is 0 Å². The van der Waals surface area contributed by atoms with Crippen LogP contribution in [0, 0.1) is 0 Å². The van der Waals surface area contributed by atoms with E-state index in [0.717, 1.165) is 44.1 Å². The highest BCUT2D eigenvalue weighted by Crippen LogP contribution is 2.32. The van der Waals surface area contributed by atoms with Gasteiger partial charge in [-0.05, 0) is 24.8 Å². The second-order valence-corrected chi connectivity index (χ2v) is 16.2. The van der Waals surface area contributed by atoms with Gasteiger partial charge in [-0.2, -0.15) is 0 Å². The fraction of sp³-hybridized carbons (Fsp3) is 0.822. The lowest BCUT2D eigenvalue weighted by molar-refractivity contribution is -0.309. The number of ether oxygens (including phenoxy) is 1. The van der Waals surface area contributed by atoms with E-state index in [1.165, 1.54) is 114 Å². The first-order valence-corrected chi connectivity index (χ1v) is 22.3. The zero-order chi connectivity index (χ0) is 39.4. The minimum absolute atomic E-state index is 0.244. The molecule has 0 aliphatic carbocycles. The molecule has 1 amide bonds. The van der Waals surface area contributed by atoms with Gasteiger partial charge < -0.3 is 25.8 Å². The molecule has 2 rings (SSSR count). The molecule has 9 nitrogen and oxygen atoms in total. The third-order valence-electron chi connectivity index (χ3n) is 11.4. The maximum Gasteiger partial charge on any atom is 0.227 e. The molecular formula is C45H81N3O6. The van der Waals surface area contributed by atoms with Gasteiger partial charge in [0.1, 0.15) is 18.3 Å². The zero-order valence-corrected chi connectivity index (χ0v) is 34.4. The molecule has 0 aromatic heterocycles. The van der Waals surface area contributed by atoms with E-state index in [1.54, 1.807) is 0 Å². The Morgan fingerprint density at radius 2 is 1.09 bits per heavy atom. The van der Waals surface area contributed by atoms with Crippen molar-refractivity contribution in [2.24, 2.45) is 11.5 Å². The molecule has 1 saturated heterocycles. The largest absolute Gasteiger partial charge is 0.388 e. The SMILES string of the molecule is CCCCCCCCCCCCCCCCCCN(C(=O)CCCCCCCCCCC)[C@]1(N)O[C@H](CC(=O)[C@@H](N)Cc2ccccc2)[C@@H](O)[C@H](O)[C@H]1O. The summed E-state index contributed by atoms with van der Waals surface area (Å²) in [7, 11) is 0. The lowest BCUT2D eigenvalue weighted by atomic mass is 9.89. The average Bonchev–Trinajstić information content (AvgIpc) is 3.17.